The third kappa shape index (κ3) is 4.34. The second-order valence-electron chi connectivity index (χ2n) is 3.98. The number of nitriles is 1. The average molecular weight is 298 g/mol. The summed E-state index contributed by atoms with van der Waals surface area (Å²) in [6.45, 7) is 1.82. The van der Waals surface area contributed by atoms with Crippen LogP contribution in [0.5, 0.6) is 0 Å². The lowest BCUT2D eigenvalue weighted by Crippen LogP contribution is -2.20. The Kier molecular flexibility index (Phi) is 6.16. The number of rotatable bonds is 5. The summed E-state index contributed by atoms with van der Waals surface area (Å²) in [6, 6.07) is 5.75. The number of nitrogens with zero attached hydrogens (tertiary/aromatic N) is 1. The maximum absolute atomic E-state index is 13.6. The van der Waals surface area contributed by atoms with E-state index >= 15 is 0 Å². The number of halogens is 2. The van der Waals surface area contributed by atoms with Crippen molar-refractivity contribution >= 4 is 23.6 Å². The molecule has 1 aromatic carbocycles. The Morgan fingerprint density at radius 2 is 2.30 bits per heavy atom. The molecule has 0 bridgehead atoms. The second kappa shape index (κ2) is 7.63. The molecule has 0 heterocycles. The summed E-state index contributed by atoms with van der Waals surface area (Å²) >= 11 is 5.82. The van der Waals surface area contributed by atoms with E-state index in [2.05, 4.69) is 0 Å². The maximum Gasteiger partial charge on any atom is 0.349 e. The first-order valence-electron chi connectivity index (χ1n) is 5.75. The summed E-state index contributed by atoms with van der Waals surface area (Å²) in [5.41, 5.74) is -0.359. The number of benzene rings is 1. The Balaban J connectivity index is 2.99. The van der Waals surface area contributed by atoms with Gasteiger partial charge in [-0.2, -0.15) is 5.26 Å². The van der Waals surface area contributed by atoms with Crippen LogP contribution in [-0.2, 0) is 14.3 Å². The first-order valence-corrected chi connectivity index (χ1v) is 6.13. The van der Waals surface area contributed by atoms with E-state index in [1.807, 2.05) is 0 Å². The van der Waals surface area contributed by atoms with Gasteiger partial charge in [0.05, 0.1) is 11.6 Å². The molecule has 1 aromatic rings. The smallest absolute Gasteiger partial charge is 0.349 e. The highest BCUT2D eigenvalue weighted by Crippen LogP contribution is 2.22. The number of methoxy groups -OCH3 is 1. The van der Waals surface area contributed by atoms with Gasteiger partial charge in [0, 0.05) is 12.7 Å². The molecule has 106 valence electrons. The van der Waals surface area contributed by atoms with Crippen LogP contribution >= 0.6 is 11.6 Å². The van der Waals surface area contributed by atoms with E-state index in [0.717, 1.165) is 6.08 Å². The largest absolute Gasteiger partial charge is 0.456 e. The van der Waals surface area contributed by atoms with Gasteiger partial charge in [-0.15, -0.1) is 0 Å². The molecule has 0 saturated heterocycles. The normalized spacial score (nSPS) is 12.7. The van der Waals surface area contributed by atoms with Crippen molar-refractivity contribution in [3.05, 3.63) is 40.2 Å². The Bertz CT molecular complexity index is 546. The molecule has 0 aliphatic heterocycles. The first-order chi connectivity index (χ1) is 9.49. The molecule has 0 aliphatic rings. The Hall–Kier alpha value is -1.90. The molecule has 0 spiro atoms. The third-order valence-electron chi connectivity index (χ3n) is 2.34. The van der Waals surface area contributed by atoms with Crippen molar-refractivity contribution in [3.8, 4) is 6.07 Å². The third-order valence-corrected chi connectivity index (χ3v) is 2.67. The molecule has 6 heteroatoms. The lowest BCUT2D eigenvalue weighted by molar-refractivity contribution is -0.145. The summed E-state index contributed by atoms with van der Waals surface area (Å²) in [7, 11) is 1.46. The van der Waals surface area contributed by atoms with E-state index in [4.69, 9.17) is 26.3 Å². The lowest BCUT2D eigenvalue weighted by Gasteiger charge is -2.11. The molecule has 1 rings (SSSR count). The van der Waals surface area contributed by atoms with Crippen LogP contribution in [0.2, 0.25) is 5.02 Å². The molecule has 20 heavy (non-hydrogen) atoms. The molecular formula is C14H13ClFNO3. The fourth-order valence-corrected chi connectivity index (χ4v) is 1.66. The molecule has 1 atom stereocenters. The van der Waals surface area contributed by atoms with Crippen molar-refractivity contribution in [2.45, 2.75) is 13.0 Å². The number of hydrogen-bond acceptors (Lipinski definition) is 4. The van der Waals surface area contributed by atoms with Gasteiger partial charge in [0.2, 0.25) is 0 Å². The van der Waals surface area contributed by atoms with Gasteiger partial charge >= 0.3 is 5.97 Å². The Morgan fingerprint density at radius 1 is 1.60 bits per heavy atom. The summed E-state index contributed by atoms with van der Waals surface area (Å²) < 4.78 is 23.4. The predicted octanol–water partition coefficient (Wildman–Crippen LogP) is 2.96. The summed E-state index contributed by atoms with van der Waals surface area (Å²) in [5.74, 6) is -1.47. The lowest BCUT2D eigenvalue weighted by atomic mass is 10.1. The minimum Gasteiger partial charge on any atom is -0.456 e. The minimum absolute atomic E-state index is 0.0259. The summed E-state index contributed by atoms with van der Waals surface area (Å²) in [4.78, 5) is 11.8. The van der Waals surface area contributed by atoms with Crippen LogP contribution in [0, 0.1) is 17.1 Å². The van der Waals surface area contributed by atoms with Gasteiger partial charge in [-0.25, -0.2) is 9.18 Å². The highest BCUT2D eigenvalue weighted by molar-refractivity contribution is 6.32. The number of esters is 1. The van der Waals surface area contributed by atoms with Gasteiger partial charge in [-0.1, -0.05) is 17.7 Å². The van der Waals surface area contributed by atoms with E-state index in [-0.39, 0.29) is 22.8 Å². The van der Waals surface area contributed by atoms with Gasteiger partial charge < -0.3 is 9.47 Å². The predicted molar refractivity (Wildman–Crippen MR) is 72.4 cm³/mol. The van der Waals surface area contributed by atoms with Crippen molar-refractivity contribution in [1.82, 2.24) is 0 Å². The number of hydrogen-bond donors (Lipinski definition) is 0. The van der Waals surface area contributed by atoms with Crippen molar-refractivity contribution in [2.24, 2.45) is 0 Å². The molecule has 0 radical (unpaired) electrons. The van der Waals surface area contributed by atoms with E-state index in [0.29, 0.717) is 0 Å². The topological polar surface area (TPSA) is 59.3 Å². The molecule has 0 unspecified atom stereocenters. The van der Waals surface area contributed by atoms with Crippen LogP contribution in [0.4, 0.5) is 4.39 Å². The molecular weight excluding hydrogens is 285 g/mol. The fraction of sp³-hybridized carbons (Fsp3) is 0.286. The van der Waals surface area contributed by atoms with E-state index in [9.17, 15) is 9.18 Å². The second-order valence-corrected chi connectivity index (χ2v) is 4.38. The van der Waals surface area contributed by atoms with Crippen LogP contribution in [0.25, 0.3) is 6.08 Å². The fourth-order valence-electron chi connectivity index (χ4n) is 1.44. The monoisotopic (exact) mass is 297 g/mol. The van der Waals surface area contributed by atoms with Gasteiger partial charge in [-0.05, 0) is 25.1 Å². The molecule has 0 N–H and O–H groups in total. The van der Waals surface area contributed by atoms with E-state index in [1.54, 1.807) is 13.0 Å². The quantitative estimate of drug-likeness (QED) is 0.476. The van der Waals surface area contributed by atoms with Gasteiger partial charge in [0.15, 0.2) is 0 Å². The van der Waals surface area contributed by atoms with Crippen LogP contribution in [0.1, 0.15) is 12.5 Å². The highest BCUT2D eigenvalue weighted by Gasteiger charge is 2.16. The SMILES string of the molecule is COC[C@H](C)OC(=O)/C(C#N)=C/c1c(F)cccc1Cl. The zero-order chi connectivity index (χ0) is 15.1. The zero-order valence-electron chi connectivity index (χ0n) is 11.0. The Labute approximate surface area is 121 Å². The zero-order valence-corrected chi connectivity index (χ0v) is 11.8. The summed E-state index contributed by atoms with van der Waals surface area (Å²) in [6.07, 6.45) is 0.555. The summed E-state index contributed by atoms with van der Waals surface area (Å²) in [5, 5.41) is 9.07. The standard InChI is InChI=1S/C14H13ClFNO3/c1-9(8-19-2)20-14(18)10(7-17)6-11-12(15)4-3-5-13(11)16/h3-6,9H,8H2,1-2H3/b10-6+/t9-/m0/s1. The molecule has 0 aromatic heterocycles. The number of carbonyl (C=O) groups is 1. The Morgan fingerprint density at radius 3 is 2.85 bits per heavy atom. The van der Waals surface area contributed by atoms with Crippen LogP contribution in [0.3, 0.4) is 0 Å². The van der Waals surface area contributed by atoms with Gasteiger partial charge in [0.1, 0.15) is 23.6 Å². The van der Waals surface area contributed by atoms with Crippen molar-refractivity contribution in [1.29, 1.82) is 5.26 Å². The van der Waals surface area contributed by atoms with Crippen LogP contribution in [-0.4, -0.2) is 25.8 Å². The van der Waals surface area contributed by atoms with E-state index in [1.165, 1.54) is 25.3 Å². The van der Waals surface area contributed by atoms with Crippen LogP contribution < -0.4 is 0 Å². The molecule has 0 fully saturated rings. The van der Waals surface area contributed by atoms with Gasteiger partial charge in [0.25, 0.3) is 0 Å². The molecule has 0 aliphatic carbocycles. The maximum atomic E-state index is 13.6. The number of carbonyl (C=O) groups excluding carboxylic acids is 1. The van der Waals surface area contributed by atoms with E-state index < -0.39 is 17.9 Å². The molecule has 0 saturated carbocycles. The first kappa shape index (κ1) is 16.2. The minimum atomic E-state index is -0.851. The van der Waals surface area contributed by atoms with Crippen molar-refractivity contribution in [2.75, 3.05) is 13.7 Å². The molecule has 0 amide bonds. The van der Waals surface area contributed by atoms with Crippen molar-refractivity contribution in [3.63, 3.8) is 0 Å². The van der Waals surface area contributed by atoms with Gasteiger partial charge in [-0.3, -0.25) is 0 Å². The van der Waals surface area contributed by atoms with Crippen molar-refractivity contribution < 1.29 is 18.7 Å². The molecule has 4 nitrogen and oxygen atoms in total. The number of ether oxygens (including phenoxy) is 2. The van der Waals surface area contributed by atoms with Crippen LogP contribution in [0.15, 0.2) is 23.8 Å². The average Bonchev–Trinajstić information content (AvgIpc) is 2.38. The highest BCUT2D eigenvalue weighted by atomic mass is 35.5.